The van der Waals surface area contributed by atoms with Crippen LogP contribution in [0.5, 0.6) is 5.75 Å². The molecule has 0 amide bonds. The van der Waals surface area contributed by atoms with Crippen molar-refractivity contribution >= 4 is 16.7 Å². The van der Waals surface area contributed by atoms with Crippen molar-refractivity contribution in [2.75, 3.05) is 33.4 Å². The Balaban J connectivity index is 1.06. The first-order valence-corrected chi connectivity index (χ1v) is 13.2. The number of hydrogen-bond donors (Lipinski definition) is 1. The molecule has 2 aliphatic heterocycles. The number of rotatable bonds is 7. The smallest absolute Gasteiger partial charge is 0.310 e. The fourth-order valence-electron chi connectivity index (χ4n) is 7.50. The minimum atomic E-state index is -0.650. The maximum absolute atomic E-state index is 12.9. The van der Waals surface area contributed by atoms with Crippen molar-refractivity contribution in [2.24, 2.45) is 23.2 Å². The number of aliphatic hydroxyl groups excluding tert-OH is 1. The first-order chi connectivity index (χ1) is 16.9. The van der Waals surface area contributed by atoms with Crippen LogP contribution in [0.15, 0.2) is 42.5 Å². The van der Waals surface area contributed by atoms with Gasteiger partial charge in [-0.05, 0) is 61.9 Å². The lowest BCUT2D eigenvalue weighted by Crippen LogP contribution is -2.51. The summed E-state index contributed by atoms with van der Waals surface area (Å²) < 4.78 is 17.9. The lowest BCUT2D eigenvalue weighted by atomic mass is 9.53. The van der Waals surface area contributed by atoms with Crippen LogP contribution in [0.2, 0.25) is 0 Å². The number of benzene rings is 2. The van der Waals surface area contributed by atoms with Crippen molar-refractivity contribution in [2.45, 2.75) is 56.8 Å². The van der Waals surface area contributed by atoms with Gasteiger partial charge in [-0.2, -0.15) is 0 Å². The van der Waals surface area contributed by atoms with Gasteiger partial charge in [0, 0.05) is 24.4 Å². The Morgan fingerprint density at radius 1 is 1.20 bits per heavy atom. The van der Waals surface area contributed by atoms with Crippen LogP contribution in [0, 0.1) is 23.2 Å². The lowest BCUT2D eigenvalue weighted by molar-refractivity contribution is -0.147. The number of likely N-dealkylation sites (N-methyl/N-ethyl adjacent to an activating group) is 1. The molecule has 2 saturated carbocycles. The number of carbonyl (C=O) groups excluding carboxylic acids is 1. The third-order valence-corrected chi connectivity index (χ3v) is 9.29. The summed E-state index contributed by atoms with van der Waals surface area (Å²) in [7, 11) is 1.97. The first kappa shape index (κ1) is 23.3. The number of carbonyl (C=O) groups is 1. The van der Waals surface area contributed by atoms with Crippen molar-refractivity contribution in [1.29, 1.82) is 0 Å². The second-order valence-electron chi connectivity index (χ2n) is 11.8. The van der Waals surface area contributed by atoms with Crippen LogP contribution in [0.4, 0.5) is 0 Å². The van der Waals surface area contributed by atoms with E-state index in [0.717, 1.165) is 42.4 Å². The first-order valence-electron chi connectivity index (χ1n) is 13.2. The number of epoxide rings is 1. The van der Waals surface area contributed by atoms with Gasteiger partial charge in [-0.25, -0.2) is 0 Å². The number of ether oxygens (including phenoxy) is 3. The molecule has 6 rings (SSSR count). The highest BCUT2D eigenvalue weighted by atomic mass is 16.6. The van der Waals surface area contributed by atoms with Gasteiger partial charge in [-0.15, -0.1) is 0 Å². The number of hydrogen-bond acceptors (Lipinski definition) is 6. The Morgan fingerprint density at radius 2 is 2.00 bits per heavy atom. The molecule has 7 unspecified atom stereocenters. The minimum absolute atomic E-state index is 0.0238. The molecule has 0 bridgehead atoms. The van der Waals surface area contributed by atoms with Crippen molar-refractivity contribution in [3.05, 3.63) is 42.5 Å². The van der Waals surface area contributed by atoms with Gasteiger partial charge in [0.2, 0.25) is 0 Å². The number of nitrogens with zero attached hydrogens (tertiary/aromatic N) is 1. The summed E-state index contributed by atoms with van der Waals surface area (Å²) in [4.78, 5) is 15.0. The molecule has 4 fully saturated rings. The van der Waals surface area contributed by atoms with Gasteiger partial charge in [-0.1, -0.05) is 43.3 Å². The fraction of sp³-hybridized carbons (Fsp3) is 0.621. The number of fused-ring (bicyclic) bond motifs is 4. The van der Waals surface area contributed by atoms with Crippen LogP contribution in [0.1, 0.15) is 39.0 Å². The summed E-state index contributed by atoms with van der Waals surface area (Å²) in [6.07, 6.45) is 4.92. The Labute approximate surface area is 207 Å². The molecule has 1 N–H and O–H groups in total. The van der Waals surface area contributed by atoms with E-state index in [0.29, 0.717) is 19.0 Å². The molecular formula is C29H37NO5. The Kier molecular flexibility index (Phi) is 5.82. The van der Waals surface area contributed by atoms with E-state index in [9.17, 15) is 9.90 Å². The molecule has 0 radical (unpaired) electrons. The maximum atomic E-state index is 12.9. The predicted octanol–water partition coefficient (Wildman–Crippen LogP) is 4.04. The highest BCUT2D eigenvalue weighted by Gasteiger charge is 2.65. The molecule has 6 heteroatoms. The van der Waals surface area contributed by atoms with Crippen molar-refractivity contribution in [1.82, 2.24) is 4.90 Å². The van der Waals surface area contributed by atoms with Gasteiger partial charge in [0.1, 0.15) is 24.6 Å². The van der Waals surface area contributed by atoms with Crippen LogP contribution < -0.4 is 4.74 Å². The van der Waals surface area contributed by atoms with Crippen LogP contribution in [-0.2, 0) is 14.3 Å². The SMILES string of the molecule is CN(CC(O)COc1cccc2ccccc12)CC1C(=O)OC2CC3(C)CCCC4(CO4)C3CC21. The van der Waals surface area contributed by atoms with Crippen LogP contribution >= 0.6 is 0 Å². The molecule has 2 aliphatic carbocycles. The largest absolute Gasteiger partial charge is 0.490 e. The summed E-state index contributed by atoms with van der Waals surface area (Å²) in [6, 6.07) is 14.0. The molecule has 2 saturated heterocycles. The normalized spacial score (nSPS) is 36.6. The second-order valence-corrected chi connectivity index (χ2v) is 11.8. The van der Waals surface area contributed by atoms with Gasteiger partial charge in [-0.3, -0.25) is 4.79 Å². The van der Waals surface area contributed by atoms with Gasteiger partial charge in [0.25, 0.3) is 0 Å². The standard InChI is InChI=1S/C29H37NO5/c1-28-11-6-12-29(18-34-29)26(28)13-22-23(27(32)35-25(22)14-28)16-30(2)15-20(31)17-33-24-10-5-8-19-7-3-4-9-21(19)24/h3-5,7-10,20,22-23,25-26,31H,6,11-18H2,1-2H3. The maximum Gasteiger partial charge on any atom is 0.310 e. The zero-order chi connectivity index (χ0) is 24.2. The average molecular weight is 480 g/mol. The Bertz CT molecular complexity index is 1090. The molecule has 35 heavy (non-hydrogen) atoms. The van der Waals surface area contributed by atoms with E-state index in [1.165, 1.54) is 12.8 Å². The summed E-state index contributed by atoms with van der Waals surface area (Å²) in [6.45, 7) is 4.52. The predicted molar refractivity (Wildman–Crippen MR) is 133 cm³/mol. The molecule has 2 aromatic carbocycles. The van der Waals surface area contributed by atoms with E-state index in [1.54, 1.807) is 0 Å². The molecule has 6 nitrogen and oxygen atoms in total. The van der Waals surface area contributed by atoms with Crippen LogP contribution in [-0.4, -0.2) is 67.1 Å². The highest BCUT2D eigenvalue weighted by molar-refractivity contribution is 5.88. The lowest BCUT2D eigenvalue weighted by Gasteiger charge is -2.51. The number of esters is 1. The van der Waals surface area contributed by atoms with E-state index < -0.39 is 6.10 Å². The molecule has 0 aromatic heterocycles. The Morgan fingerprint density at radius 3 is 2.83 bits per heavy atom. The molecule has 2 heterocycles. The van der Waals surface area contributed by atoms with Gasteiger partial charge >= 0.3 is 5.97 Å². The van der Waals surface area contributed by atoms with E-state index >= 15 is 0 Å². The molecule has 1 spiro atoms. The summed E-state index contributed by atoms with van der Waals surface area (Å²) in [5.41, 5.74) is 0.279. The highest BCUT2D eigenvalue weighted by Crippen LogP contribution is 2.62. The van der Waals surface area contributed by atoms with Crippen molar-refractivity contribution in [3.63, 3.8) is 0 Å². The van der Waals surface area contributed by atoms with Crippen LogP contribution in [0.3, 0.4) is 0 Å². The monoisotopic (exact) mass is 479 g/mol. The average Bonchev–Trinajstić information content (AvgIpc) is 3.54. The number of aliphatic hydroxyl groups is 1. The zero-order valence-corrected chi connectivity index (χ0v) is 20.8. The molecular weight excluding hydrogens is 442 g/mol. The van der Waals surface area contributed by atoms with E-state index in [1.807, 2.05) is 37.4 Å². The van der Waals surface area contributed by atoms with Crippen LogP contribution in [0.25, 0.3) is 10.8 Å². The quantitative estimate of drug-likeness (QED) is 0.477. The second kappa shape index (κ2) is 8.75. The third kappa shape index (κ3) is 4.24. The fourth-order valence-corrected chi connectivity index (χ4v) is 7.50. The zero-order valence-electron chi connectivity index (χ0n) is 20.8. The Hall–Kier alpha value is -2.15. The third-order valence-electron chi connectivity index (χ3n) is 9.29. The van der Waals surface area contributed by atoms with Gasteiger partial charge < -0.3 is 24.2 Å². The van der Waals surface area contributed by atoms with Crippen molar-refractivity contribution < 1.29 is 24.1 Å². The van der Waals surface area contributed by atoms with Crippen molar-refractivity contribution in [3.8, 4) is 5.75 Å². The summed E-state index contributed by atoms with van der Waals surface area (Å²) in [5, 5.41) is 12.8. The summed E-state index contributed by atoms with van der Waals surface area (Å²) in [5.74, 6) is 1.33. The van der Waals surface area contributed by atoms with Gasteiger partial charge in [0.05, 0.1) is 18.1 Å². The molecule has 7 atom stereocenters. The topological polar surface area (TPSA) is 71.5 Å². The molecule has 188 valence electrons. The minimum Gasteiger partial charge on any atom is -0.490 e. The molecule has 2 aromatic rings. The van der Waals surface area contributed by atoms with E-state index in [-0.39, 0.29) is 41.5 Å². The summed E-state index contributed by atoms with van der Waals surface area (Å²) >= 11 is 0. The van der Waals surface area contributed by atoms with E-state index in [2.05, 4.69) is 24.0 Å². The van der Waals surface area contributed by atoms with E-state index in [4.69, 9.17) is 14.2 Å². The van der Waals surface area contributed by atoms with Gasteiger partial charge in [0.15, 0.2) is 0 Å². The molecule has 4 aliphatic rings.